The average Bonchev–Trinajstić information content (AvgIpc) is 2.53. The van der Waals surface area contributed by atoms with Gasteiger partial charge >= 0.3 is 6.09 Å². The second kappa shape index (κ2) is 6.10. The Morgan fingerprint density at radius 2 is 1.74 bits per heavy atom. The van der Waals surface area contributed by atoms with Crippen molar-refractivity contribution in [3.05, 3.63) is 29.8 Å². The molecule has 6 nitrogen and oxygen atoms in total. The number of benzene rings is 1. The third kappa shape index (κ3) is 3.25. The Hall–Kier alpha value is -2.24. The molecule has 1 aromatic carbocycles. The normalized spacial score (nSPS) is 19.3. The van der Waals surface area contributed by atoms with Gasteiger partial charge in [0.05, 0.1) is 13.5 Å². The maximum Gasteiger partial charge on any atom is 0.407 e. The van der Waals surface area contributed by atoms with Crippen molar-refractivity contribution in [3.8, 4) is 5.75 Å². The highest BCUT2D eigenvalue weighted by molar-refractivity contribution is 5.79. The van der Waals surface area contributed by atoms with Gasteiger partial charge in [-0.15, -0.1) is 0 Å². The molecule has 2 amide bonds. The van der Waals surface area contributed by atoms with Crippen LogP contribution in [0.2, 0.25) is 0 Å². The Bertz CT molecular complexity index is 583. The van der Waals surface area contributed by atoms with Crippen molar-refractivity contribution in [3.63, 3.8) is 0 Å². The molecule has 0 radical (unpaired) electrons. The first-order valence-corrected chi connectivity index (χ1v) is 7.90. The molecule has 1 N–H and O–H groups in total. The summed E-state index contributed by atoms with van der Waals surface area (Å²) in [7, 11) is 1.62. The molecule has 0 aromatic heterocycles. The largest absolute Gasteiger partial charge is 0.497 e. The summed E-state index contributed by atoms with van der Waals surface area (Å²) in [5, 5.41) is 8.94. The van der Waals surface area contributed by atoms with E-state index in [4.69, 9.17) is 9.84 Å². The van der Waals surface area contributed by atoms with Crippen LogP contribution in [0.5, 0.6) is 5.75 Å². The summed E-state index contributed by atoms with van der Waals surface area (Å²) in [6, 6.07) is 7.56. The minimum atomic E-state index is -0.839. The second-order valence-corrected chi connectivity index (χ2v) is 6.54. The van der Waals surface area contributed by atoms with Crippen LogP contribution < -0.4 is 4.74 Å². The second-order valence-electron chi connectivity index (χ2n) is 6.54. The summed E-state index contributed by atoms with van der Waals surface area (Å²) < 4.78 is 5.12. The smallest absolute Gasteiger partial charge is 0.407 e. The summed E-state index contributed by atoms with van der Waals surface area (Å²) in [6.45, 7) is 2.68. The van der Waals surface area contributed by atoms with Crippen LogP contribution in [0.1, 0.15) is 18.4 Å². The van der Waals surface area contributed by atoms with Crippen molar-refractivity contribution < 1.29 is 19.4 Å². The van der Waals surface area contributed by atoms with E-state index in [0.717, 1.165) is 37.2 Å². The van der Waals surface area contributed by atoms with Crippen molar-refractivity contribution in [2.24, 2.45) is 5.41 Å². The molecule has 0 aliphatic carbocycles. The standard InChI is InChI=1S/C17H22N2O4/c1-23-14-4-2-13(3-5-14)10-15(20)18-8-6-17(7-9-18)11-19(12-17)16(21)22/h2-5H,6-12H2,1H3,(H,21,22). The number of likely N-dealkylation sites (tertiary alicyclic amines) is 2. The highest BCUT2D eigenvalue weighted by atomic mass is 16.5. The number of carbonyl (C=O) groups excluding carboxylic acids is 1. The summed E-state index contributed by atoms with van der Waals surface area (Å²) >= 11 is 0. The first kappa shape index (κ1) is 15.6. The molecule has 0 bridgehead atoms. The van der Waals surface area contributed by atoms with E-state index in [1.54, 1.807) is 7.11 Å². The van der Waals surface area contributed by atoms with Crippen LogP contribution in [0, 0.1) is 5.41 Å². The lowest BCUT2D eigenvalue weighted by Gasteiger charge is -2.52. The fourth-order valence-electron chi connectivity index (χ4n) is 3.48. The SMILES string of the molecule is COc1ccc(CC(=O)N2CCC3(CC2)CN(C(=O)O)C3)cc1. The van der Waals surface area contributed by atoms with Gasteiger partial charge in [0.1, 0.15) is 5.75 Å². The first-order chi connectivity index (χ1) is 11.0. The van der Waals surface area contributed by atoms with Gasteiger partial charge in [0, 0.05) is 31.6 Å². The Morgan fingerprint density at radius 3 is 2.26 bits per heavy atom. The van der Waals surface area contributed by atoms with Gasteiger partial charge in [0.15, 0.2) is 0 Å². The van der Waals surface area contributed by atoms with Gasteiger partial charge in [0.25, 0.3) is 0 Å². The molecule has 2 saturated heterocycles. The Kier molecular flexibility index (Phi) is 4.15. The molecule has 124 valence electrons. The minimum Gasteiger partial charge on any atom is -0.497 e. The molecule has 2 fully saturated rings. The van der Waals surface area contributed by atoms with Crippen LogP contribution in [0.25, 0.3) is 0 Å². The van der Waals surface area contributed by atoms with E-state index in [1.807, 2.05) is 29.2 Å². The third-order valence-corrected chi connectivity index (χ3v) is 5.01. The molecule has 3 rings (SSSR count). The van der Waals surface area contributed by atoms with Crippen LogP contribution in [-0.4, -0.2) is 60.2 Å². The molecule has 1 spiro atoms. The molecule has 0 saturated carbocycles. The molecule has 2 heterocycles. The van der Waals surface area contributed by atoms with Gasteiger partial charge in [-0.05, 0) is 30.5 Å². The third-order valence-electron chi connectivity index (χ3n) is 5.01. The van der Waals surface area contributed by atoms with E-state index >= 15 is 0 Å². The lowest BCUT2D eigenvalue weighted by Crippen LogP contribution is -2.62. The van der Waals surface area contributed by atoms with Gasteiger partial charge in [-0.1, -0.05) is 12.1 Å². The van der Waals surface area contributed by atoms with Gasteiger partial charge in [0.2, 0.25) is 5.91 Å². The number of nitrogens with zero attached hydrogens (tertiary/aromatic N) is 2. The maximum absolute atomic E-state index is 12.4. The van der Waals surface area contributed by atoms with Crippen molar-refractivity contribution in [2.45, 2.75) is 19.3 Å². The molecule has 0 unspecified atom stereocenters. The molecular formula is C17H22N2O4. The average molecular weight is 318 g/mol. The van der Waals surface area contributed by atoms with E-state index in [0.29, 0.717) is 19.5 Å². The molecule has 2 aliphatic heterocycles. The first-order valence-electron chi connectivity index (χ1n) is 7.90. The molecule has 0 atom stereocenters. The van der Waals surface area contributed by atoms with Crippen LogP contribution in [0.4, 0.5) is 4.79 Å². The zero-order valence-electron chi connectivity index (χ0n) is 13.3. The predicted molar refractivity (Wildman–Crippen MR) is 84.5 cm³/mol. The highest BCUT2D eigenvalue weighted by Gasteiger charge is 2.47. The molecule has 23 heavy (non-hydrogen) atoms. The van der Waals surface area contributed by atoms with E-state index in [-0.39, 0.29) is 11.3 Å². The topological polar surface area (TPSA) is 70.1 Å². The Morgan fingerprint density at radius 1 is 1.13 bits per heavy atom. The van der Waals surface area contributed by atoms with Crippen LogP contribution in [-0.2, 0) is 11.2 Å². The van der Waals surface area contributed by atoms with Gasteiger partial charge in [-0.3, -0.25) is 4.79 Å². The highest BCUT2D eigenvalue weighted by Crippen LogP contribution is 2.40. The van der Waals surface area contributed by atoms with E-state index in [1.165, 1.54) is 4.90 Å². The van der Waals surface area contributed by atoms with Crippen molar-refractivity contribution in [1.82, 2.24) is 9.80 Å². The molecule has 6 heteroatoms. The summed E-state index contributed by atoms with van der Waals surface area (Å²) in [5.74, 6) is 0.925. The van der Waals surface area contributed by atoms with Gasteiger partial charge < -0.3 is 19.6 Å². The van der Waals surface area contributed by atoms with Gasteiger partial charge in [-0.25, -0.2) is 4.79 Å². The van der Waals surface area contributed by atoms with Crippen molar-refractivity contribution in [1.29, 1.82) is 0 Å². The summed E-state index contributed by atoms with van der Waals surface area (Å²) in [4.78, 5) is 26.6. The number of methoxy groups -OCH3 is 1. The monoisotopic (exact) mass is 318 g/mol. The van der Waals surface area contributed by atoms with Crippen LogP contribution >= 0.6 is 0 Å². The molecular weight excluding hydrogens is 296 g/mol. The number of rotatable bonds is 3. The number of hydrogen-bond donors (Lipinski definition) is 1. The predicted octanol–water partition coefficient (Wildman–Crippen LogP) is 1.84. The minimum absolute atomic E-state index is 0.106. The van der Waals surface area contributed by atoms with Crippen LogP contribution in [0.15, 0.2) is 24.3 Å². The number of hydrogen-bond acceptors (Lipinski definition) is 3. The van der Waals surface area contributed by atoms with Crippen LogP contribution in [0.3, 0.4) is 0 Å². The Balaban J connectivity index is 1.49. The fourth-order valence-corrected chi connectivity index (χ4v) is 3.48. The zero-order valence-corrected chi connectivity index (χ0v) is 13.3. The lowest BCUT2D eigenvalue weighted by molar-refractivity contribution is -0.135. The van der Waals surface area contributed by atoms with Crippen molar-refractivity contribution in [2.75, 3.05) is 33.3 Å². The lowest BCUT2D eigenvalue weighted by atomic mass is 9.72. The number of carbonyl (C=O) groups is 2. The van der Waals surface area contributed by atoms with Crippen molar-refractivity contribution >= 4 is 12.0 Å². The van der Waals surface area contributed by atoms with E-state index < -0.39 is 6.09 Å². The van der Waals surface area contributed by atoms with Gasteiger partial charge in [-0.2, -0.15) is 0 Å². The summed E-state index contributed by atoms with van der Waals surface area (Å²) in [6.07, 6.45) is 1.35. The van der Waals surface area contributed by atoms with E-state index in [9.17, 15) is 9.59 Å². The number of carboxylic acid groups (broad SMARTS) is 1. The number of amides is 2. The summed E-state index contributed by atoms with van der Waals surface area (Å²) in [5.41, 5.74) is 1.09. The number of ether oxygens (including phenoxy) is 1. The molecule has 2 aliphatic rings. The van der Waals surface area contributed by atoms with E-state index in [2.05, 4.69) is 0 Å². The quantitative estimate of drug-likeness (QED) is 0.923. The molecule has 1 aromatic rings. The number of piperidine rings is 1. The Labute approximate surface area is 135 Å². The maximum atomic E-state index is 12.4. The fraction of sp³-hybridized carbons (Fsp3) is 0.529. The zero-order chi connectivity index (χ0) is 16.4.